The Kier molecular flexibility index (Phi) is 4.09. The van der Waals surface area contributed by atoms with Gasteiger partial charge in [-0.3, -0.25) is 0 Å². The number of rotatable bonds is 4. The van der Waals surface area contributed by atoms with Crippen LogP contribution in [0.1, 0.15) is 33.1 Å². The van der Waals surface area contributed by atoms with Crippen LogP contribution in [0.15, 0.2) is 23.8 Å². The zero-order chi connectivity index (χ0) is 8.81. The van der Waals surface area contributed by atoms with E-state index in [1.807, 2.05) is 0 Å². The quantitative estimate of drug-likeness (QED) is 0.623. The fourth-order valence-electron chi connectivity index (χ4n) is 1.13. The molecule has 0 aromatic rings. The molecule has 0 aromatic heterocycles. The molecule has 12 heavy (non-hydrogen) atoms. The second-order valence-corrected chi connectivity index (χ2v) is 3.29. The highest BCUT2D eigenvalue weighted by Crippen LogP contribution is 2.10. The Bertz CT molecular complexity index is 179. The van der Waals surface area contributed by atoms with Gasteiger partial charge in [0.25, 0.3) is 0 Å². The van der Waals surface area contributed by atoms with Gasteiger partial charge in [0.2, 0.25) is 0 Å². The van der Waals surface area contributed by atoms with E-state index in [9.17, 15) is 0 Å². The van der Waals surface area contributed by atoms with E-state index < -0.39 is 0 Å². The highest BCUT2D eigenvalue weighted by molar-refractivity contribution is 5.22. The summed E-state index contributed by atoms with van der Waals surface area (Å²) in [6.45, 7) is 5.05. The molecule has 1 atom stereocenters. The van der Waals surface area contributed by atoms with Crippen molar-refractivity contribution in [2.75, 3.05) is 6.61 Å². The molecule has 1 heteroatoms. The lowest BCUT2D eigenvalue weighted by Gasteiger charge is -2.12. The van der Waals surface area contributed by atoms with Gasteiger partial charge in [0.05, 0.1) is 12.7 Å². The summed E-state index contributed by atoms with van der Waals surface area (Å²) in [5, 5.41) is 0. The number of ether oxygens (including phenoxy) is 1. The van der Waals surface area contributed by atoms with Crippen LogP contribution in [0.4, 0.5) is 0 Å². The van der Waals surface area contributed by atoms with Crippen LogP contribution in [-0.4, -0.2) is 12.7 Å². The zero-order valence-electron chi connectivity index (χ0n) is 8.05. The molecule has 0 saturated carbocycles. The van der Waals surface area contributed by atoms with Crippen molar-refractivity contribution in [1.29, 1.82) is 0 Å². The van der Waals surface area contributed by atoms with Gasteiger partial charge in [-0.25, -0.2) is 0 Å². The van der Waals surface area contributed by atoms with Crippen molar-refractivity contribution in [3.63, 3.8) is 0 Å². The lowest BCUT2D eigenvalue weighted by molar-refractivity contribution is 0.0820. The van der Waals surface area contributed by atoms with Gasteiger partial charge in [0.15, 0.2) is 0 Å². The number of hydrogen-bond donors (Lipinski definition) is 0. The molecule has 0 aromatic carbocycles. The van der Waals surface area contributed by atoms with Crippen molar-refractivity contribution in [1.82, 2.24) is 0 Å². The van der Waals surface area contributed by atoms with E-state index in [2.05, 4.69) is 32.1 Å². The fourth-order valence-corrected chi connectivity index (χ4v) is 1.13. The third kappa shape index (κ3) is 3.22. The summed E-state index contributed by atoms with van der Waals surface area (Å²) in [5.41, 5.74) is 1.33. The summed E-state index contributed by atoms with van der Waals surface area (Å²) < 4.78 is 5.61. The first-order valence-corrected chi connectivity index (χ1v) is 4.80. The molecule has 0 radical (unpaired) electrons. The van der Waals surface area contributed by atoms with Gasteiger partial charge in [-0.05, 0) is 31.8 Å². The van der Waals surface area contributed by atoms with Crippen LogP contribution < -0.4 is 0 Å². The Morgan fingerprint density at radius 2 is 2.33 bits per heavy atom. The molecule has 0 heterocycles. The van der Waals surface area contributed by atoms with Gasteiger partial charge in [0, 0.05) is 0 Å². The van der Waals surface area contributed by atoms with Crippen molar-refractivity contribution in [3.05, 3.63) is 23.8 Å². The monoisotopic (exact) mass is 166 g/mol. The molecule has 1 nitrogen and oxygen atoms in total. The Balaban J connectivity index is 2.22. The van der Waals surface area contributed by atoms with E-state index in [0.29, 0.717) is 6.10 Å². The minimum absolute atomic E-state index is 0.390. The Morgan fingerprint density at radius 3 is 2.92 bits per heavy atom. The highest BCUT2D eigenvalue weighted by atomic mass is 16.5. The third-order valence-corrected chi connectivity index (χ3v) is 2.18. The Hall–Kier alpha value is -0.560. The molecular weight excluding hydrogens is 148 g/mol. The molecule has 0 N–H and O–H groups in total. The van der Waals surface area contributed by atoms with Crippen LogP contribution in [0.5, 0.6) is 0 Å². The molecule has 0 aliphatic heterocycles. The molecule has 1 rings (SSSR count). The topological polar surface area (TPSA) is 9.23 Å². The molecule has 0 bridgehead atoms. The van der Waals surface area contributed by atoms with Crippen LogP contribution in [0.25, 0.3) is 0 Å². The van der Waals surface area contributed by atoms with E-state index in [-0.39, 0.29) is 0 Å². The maximum absolute atomic E-state index is 5.61. The first kappa shape index (κ1) is 9.53. The summed E-state index contributed by atoms with van der Waals surface area (Å²) in [5.74, 6) is 0. The molecular formula is C11H18O. The van der Waals surface area contributed by atoms with Crippen molar-refractivity contribution in [2.24, 2.45) is 0 Å². The van der Waals surface area contributed by atoms with Gasteiger partial charge >= 0.3 is 0 Å². The van der Waals surface area contributed by atoms with E-state index in [1.54, 1.807) is 0 Å². The van der Waals surface area contributed by atoms with Crippen molar-refractivity contribution in [3.8, 4) is 0 Å². The predicted octanol–water partition coefficient (Wildman–Crippen LogP) is 3.08. The van der Waals surface area contributed by atoms with Gasteiger partial charge in [-0.2, -0.15) is 0 Å². The minimum Gasteiger partial charge on any atom is -0.374 e. The summed E-state index contributed by atoms with van der Waals surface area (Å²) in [6, 6.07) is 0. The summed E-state index contributed by atoms with van der Waals surface area (Å²) >= 11 is 0. The largest absolute Gasteiger partial charge is 0.374 e. The Labute approximate surface area is 75.1 Å². The lowest BCUT2D eigenvalue weighted by Crippen LogP contribution is -2.08. The minimum atomic E-state index is 0.390. The second kappa shape index (κ2) is 5.15. The maximum Gasteiger partial charge on any atom is 0.0717 e. The molecule has 0 amide bonds. The Morgan fingerprint density at radius 1 is 1.50 bits per heavy atom. The highest BCUT2D eigenvalue weighted by Gasteiger charge is 2.01. The summed E-state index contributed by atoms with van der Waals surface area (Å²) in [4.78, 5) is 0. The number of hydrogen-bond acceptors (Lipinski definition) is 1. The van der Waals surface area contributed by atoms with Gasteiger partial charge < -0.3 is 4.74 Å². The zero-order valence-corrected chi connectivity index (χ0v) is 8.05. The standard InChI is InChI=1S/C11H18O/c1-3-10(2)12-9-11-7-5-4-6-8-11/h5,7-8,10H,3-4,6,9H2,1-2H3. The van der Waals surface area contributed by atoms with Crippen molar-refractivity contribution < 1.29 is 4.74 Å². The molecule has 1 unspecified atom stereocenters. The molecule has 0 saturated heterocycles. The van der Waals surface area contributed by atoms with Crippen molar-refractivity contribution in [2.45, 2.75) is 39.2 Å². The molecule has 0 fully saturated rings. The average molecular weight is 166 g/mol. The molecule has 1 aliphatic rings. The van der Waals surface area contributed by atoms with Crippen LogP contribution >= 0.6 is 0 Å². The molecule has 1 aliphatic carbocycles. The van der Waals surface area contributed by atoms with Gasteiger partial charge in [-0.15, -0.1) is 0 Å². The van der Waals surface area contributed by atoms with E-state index in [0.717, 1.165) is 13.0 Å². The van der Waals surface area contributed by atoms with Crippen LogP contribution in [0, 0.1) is 0 Å². The van der Waals surface area contributed by atoms with Crippen LogP contribution in [0.2, 0.25) is 0 Å². The predicted molar refractivity (Wildman–Crippen MR) is 52.2 cm³/mol. The average Bonchev–Trinajstić information content (AvgIpc) is 2.16. The first-order valence-electron chi connectivity index (χ1n) is 4.80. The summed E-state index contributed by atoms with van der Waals surface area (Å²) in [7, 11) is 0. The molecule has 0 spiro atoms. The normalized spacial score (nSPS) is 19.0. The van der Waals surface area contributed by atoms with E-state index in [4.69, 9.17) is 4.74 Å². The lowest BCUT2D eigenvalue weighted by atomic mass is 10.1. The first-order chi connectivity index (χ1) is 5.83. The second-order valence-electron chi connectivity index (χ2n) is 3.29. The molecule has 68 valence electrons. The van der Waals surface area contributed by atoms with E-state index in [1.165, 1.54) is 18.4 Å². The fraction of sp³-hybridized carbons (Fsp3) is 0.636. The van der Waals surface area contributed by atoms with Gasteiger partial charge in [-0.1, -0.05) is 25.2 Å². The number of allylic oxidation sites excluding steroid dienone is 2. The smallest absolute Gasteiger partial charge is 0.0717 e. The third-order valence-electron chi connectivity index (χ3n) is 2.18. The SMILES string of the molecule is CCC(C)OCC1=CCCC=C1. The summed E-state index contributed by atoms with van der Waals surface area (Å²) in [6.07, 6.45) is 10.5. The van der Waals surface area contributed by atoms with Crippen molar-refractivity contribution >= 4 is 0 Å². The van der Waals surface area contributed by atoms with Crippen LogP contribution in [0.3, 0.4) is 0 Å². The van der Waals surface area contributed by atoms with Gasteiger partial charge in [0.1, 0.15) is 0 Å². The van der Waals surface area contributed by atoms with Crippen LogP contribution in [-0.2, 0) is 4.74 Å². The maximum atomic E-state index is 5.61. The van der Waals surface area contributed by atoms with E-state index >= 15 is 0 Å².